The summed E-state index contributed by atoms with van der Waals surface area (Å²) in [5.41, 5.74) is 3.30. The van der Waals surface area contributed by atoms with E-state index in [1.54, 1.807) is 22.8 Å². The van der Waals surface area contributed by atoms with Crippen molar-refractivity contribution in [3.8, 4) is 0 Å². The quantitative estimate of drug-likeness (QED) is 0.249. The Morgan fingerprint density at radius 2 is 1.97 bits per heavy atom. The number of benzene rings is 2. The number of aromatic nitrogens is 3. The molecular weight excluding hydrogens is 476 g/mol. The first-order valence-electron chi connectivity index (χ1n) is 10.6. The van der Waals surface area contributed by atoms with E-state index in [0.29, 0.717) is 33.4 Å². The number of nitrogens with one attached hydrogen (secondary N) is 1. The summed E-state index contributed by atoms with van der Waals surface area (Å²) in [5, 5.41) is 7.35. The Kier molecular flexibility index (Phi) is 7.47. The molecule has 0 fully saturated rings. The van der Waals surface area contributed by atoms with Gasteiger partial charge < -0.3 is 5.32 Å². The van der Waals surface area contributed by atoms with Crippen LogP contribution in [0.5, 0.6) is 0 Å². The van der Waals surface area contributed by atoms with Crippen molar-refractivity contribution in [2.24, 2.45) is 0 Å². The molecule has 4 aromatic rings. The summed E-state index contributed by atoms with van der Waals surface area (Å²) in [5.74, 6) is 0.454. The van der Waals surface area contributed by atoms with Crippen LogP contribution in [0.25, 0.3) is 10.9 Å². The molecule has 0 aliphatic heterocycles. The minimum absolute atomic E-state index is 0.0623. The number of thioether (sulfide) groups is 1. The van der Waals surface area contributed by atoms with Crippen molar-refractivity contribution in [3.63, 3.8) is 0 Å². The van der Waals surface area contributed by atoms with Crippen LogP contribution in [0.2, 0.25) is 5.02 Å². The molecule has 0 radical (unpaired) electrons. The van der Waals surface area contributed by atoms with Gasteiger partial charge in [-0.05, 0) is 43.7 Å². The van der Waals surface area contributed by atoms with Gasteiger partial charge in [0.05, 0.1) is 23.0 Å². The number of anilines is 1. The molecule has 9 heteroatoms. The molecule has 6 nitrogen and oxygen atoms in total. The van der Waals surface area contributed by atoms with Crippen molar-refractivity contribution in [1.82, 2.24) is 14.5 Å². The van der Waals surface area contributed by atoms with Gasteiger partial charge in [-0.15, -0.1) is 11.3 Å². The largest absolute Gasteiger partial charge is 0.326 e. The van der Waals surface area contributed by atoms with E-state index in [4.69, 9.17) is 16.6 Å². The zero-order valence-electron chi connectivity index (χ0n) is 18.3. The normalized spacial score (nSPS) is 11.1. The Hall–Kier alpha value is -2.68. The number of nitrogens with zero attached hydrogens (tertiary/aromatic N) is 3. The zero-order valence-corrected chi connectivity index (χ0v) is 20.7. The van der Waals surface area contributed by atoms with E-state index in [-0.39, 0.29) is 17.9 Å². The van der Waals surface area contributed by atoms with Gasteiger partial charge in [0.15, 0.2) is 5.16 Å². The standard InChI is InChI=1S/C24H23ClN4O2S2/c1-3-10-29-23(31)19-9-6-16(25)11-20(19)28-24(29)33-14-18-13-32-22(27-18)12-21(30)26-17-7-4-15(2)5-8-17/h4-9,11,13H,3,10,12,14H2,1-2H3,(H,26,30). The molecule has 2 aromatic heterocycles. The fraction of sp³-hybridized carbons (Fsp3) is 0.250. The highest BCUT2D eigenvalue weighted by atomic mass is 35.5. The number of hydrogen-bond donors (Lipinski definition) is 1. The van der Waals surface area contributed by atoms with E-state index in [1.807, 2.05) is 43.5 Å². The minimum atomic E-state index is -0.0998. The molecular formula is C24H23ClN4O2S2. The van der Waals surface area contributed by atoms with Gasteiger partial charge in [0.25, 0.3) is 5.56 Å². The smallest absolute Gasteiger partial charge is 0.262 e. The third kappa shape index (κ3) is 5.82. The van der Waals surface area contributed by atoms with E-state index >= 15 is 0 Å². The van der Waals surface area contributed by atoms with Crippen molar-refractivity contribution in [3.05, 3.63) is 79.5 Å². The highest BCUT2D eigenvalue weighted by molar-refractivity contribution is 7.98. The van der Waals surface area contributed by atoms with Crippen molar-refractivity contribution in [1.29, 1.82) is 0 Å². The predicted molar refractivity (Wildman–Crippen MR) is 136 cm³/mol. The number of thiazole rings is 1. The summed E-state index contributed by atoms with van der Waals surface area (Å²) in [6, 6.07) is 12.8. The van der Waals surface area contributed by atoms with Crippen LogP contribution in [-0.2, 0) is 23.5 Å². The number of rotatable bonds is 8. The second kappa shape index (κ2) is 10.5. The first-order chi connectivity index (χ1) is 15.9. The molecule has 170 valence electrons. The van der Waals surface area contributed by atoms with E-state index < -0.39 is 0 Å². The molecule has 0 saturated carbocycles. The predicted octanol–water partition coefficient (Wildman–Crippen LogP) is 5.70. The van der Waals surface area contributed by atoms with Gasteiger partial charge in [0, 0.05) is 28.4 Å². The maximum absolute atomic E-state index is 13.0. The van der Waals surface area contributed by atoms with E-state index in [0.717, 1.165) is 28.4 Å². The molecule has 33 heavy (non-hydrogen) atoms. The van der Waals surface area contributed by atoms with Gasteiger partial charge in [-0.25, -0.2) is 9.97 Å². The fourth-order valence-electron chi connectivity index (χ4n) is 3.32. The number of halogens is 1. The number of carbonyl (C=O) groups excluding carboxylic acids is 1. The summed E-state index contributed by atoms with van der Waals surface area (Å²) in [6.07, 6.45) is 1.04. The Morgan fingerprint density at radius 3 is 2.73 bits per heavy atom. The summed E-state index contributed by atoms with van der Waals surface area (Å²) < 4.78 is 1.71. The Balaban J connectivity index is 1.45. The van der Waals surface area contributed by atoms with E-state index in [2.05, 4.69) is 10.3 Å². The monoisotopic (exact) mass is 498 g/mol. The third-order valence-corrected chi connectivity index (χ3v) is 7.07. The van der Waals surface area contributed by atoms with Crippen LogP contribution in [-0.4, -0.2) is 20.4 Å². The lowest BCUT2D eigenvalue weighted by Crippen LogP contribution is -2.23. The van der Waals surface area contributed by atoms with Gasteiger partial charge in [0.1, 0.15) is 5.01 Å². The lowest BCUT2D eigenvalue weighted by atomic mass is 10.2. The number of amides is 1. The Bertz CT molecular complexity index is 1350. The highest BCUT2D eigenvalue weighted by Crippen LogP contribution is 2.25. The molecule has 2 heterocycles. The molecule has 0 bridgehead atoms. The van der Waals surface area contributed by atoms with Gasteiger partial charge in [-0.3, -0.25) is 14.2 Å². The number of carbonyl (C=O) groups is 1. The first-order valence-corrected chi connectivity index (χ1v) is 12.8. The maximum Gasteiger partial charge on any atom is 0.262 e. The summed E-state index contributed by atoms with van der Waals surface area (Å²) in [7, 11) is 0. The lowest BCUT2D eigenvalue weighted by Gasteiger charge is -2.12. The molecule has 0 saturated heterocycles. The molecule has 2 aromatic carbocycles. The Morgan fingerprint density at radius 1 is 1.18 bits per heavy atom. The van der Waals surface area contributed by atoms with Gasteiger partial charge in [0.2, 0.25) is 5.91 Å². The average Bonchev–Trinajstić information content (AvgIpc) is 3.23. The SMILES string of the molecule is CCCn1c(SCc2csc(CC(=O)Nc3ccc(C)cc3)n2)nc2cc(Cl)ccc2c1=O. The molecule has 0 unspecified atom stereocenters. The van der Waals surface area contributed by atoms with Crippen LogP contribution in [0.4, 0.5) is 5.69 Å². The van der Waals surface area contributed by atoms with Gasteiger partial charge >= 0.3 is 0 Å². The highest BCUT2D eigenvalue weighted by Gasteiger charge is 2.14. The van der Waals surface area contributed by atoms with E-state index in [9.17, 15) is 9.59 Å². The van der Waals surface area contributed by atoms with E-state index in [1.165, 1.54) is 23.1 Å². The molecule has 1 amide bonds. The van der Waals surface area contributed by atoms with Crippen LogP contribution in [0.1, 0.15) is 29.6 Å². The molecule has 4 rings (SSSR count). The number of fused-ring (bicyclic) bond motifs is 1. The zero-order chi connectivity index (χ0) is 23.4. The second-order valence-electron chi connectivity index (χ2n) is 7.62. The van der Waals surface area contributed by atoms with Crippen molar-refractivity contribution in [2.45, 2.75) is 44.1 Å². The summed E-state index contributed by atoms with van der Waals surface area (Å²) in [6.45, 7) is 4.63. The Labute approximate surface area is 205 Å². The first kappa shape index (κ1) is 23.5. The molecule has 0 aliphatic carbocycles. The summed E-state index contributed by atoms with van der Waals surface area (Å²) >= 11 is 9.02. The second-order valence-corrected chi connectivity index (χ2v) is 9.95. The van der Waals surface area contributed by atoms with Crippen LogP contribution < -0.4 is 10.9 Å². The topological polar surface area (TPSA) is 76.9 Å². The minimum Gasteiger partial charge on any atom is -0.326 e. The van der Waals surface area contributed by atoms with Crippen LogP contribution in [0.15, 0.2) is 57.8 Å². The van der Waals surface area contributed by atoms with Crippen molar-refractivity contribution >= 4 is 57.2 Å². The van der Waals surface area contributed by atoms with Crippen LogP contribution in [0, 0.1) is 6.92 Å². The molecule has 0 spiro atoms. The van der Waals surface area contributed by atoms with Crippen LogP contribution in [0.3, 0.4) is 0 Å². The molecule has 0 aliphatic rings. The number of aryl methyl sites for hydroxylation is 1. The molecule has 1 N–H and O–H groups in total. The lowest BCUT2D eigenvalue weighted by molar-refractivity contribution is -0.115. The van der Waals surface area contributed by atoms with Gasteiger partial charge in [-0.1, -0.05) is 48.0 Å². The van der Waals surface area contributed by atoms with Crippen molar-refractivity contribution < 1.29 is 4.79 Å². The third-order valence-electron chi connectivity index (χ3n) is 4.93. The summed E-state index contributed by atoms with van der Waals surface area (Å²) in [4.78, 5) is 34.6. The number of hydrogen-bond acceptors (Lipinski definition) is 6. The maximum atomic E-state index is 13.0. The fourth-order valence-corrected chi connectivity index (χ4v) is 5.30. The van der Waals surface area contributed by atoms with Gasteiger partial charge in [-0.2, -0.15) is 0 Å². The van der Waals surface area contributed by atoms with Crippen molar-refractivity contribution in [2.75, 3.05) is 5.32 Å². The molecule has 0 atom stereocenters. The average molecular weight is 499 g/mol. The van der Waals surface area contributed by atoms with Crippen LogP contribution >= 0.6 is 34.7 Å².